The van der Waals surface area contributed by atoms with Crippen molar-refractivity contribution in [3.8, 4) is 0 Å². The van der Waals surface area contributed by atoms with E-state index in [1.54, 1.807) is 17.8 Å². The van der Waals surface area contributed by atoms with Gasteiger partial charge in [0.1, 0.15) is 0 Å². The molecule has 1 N–H and O–H groups in total. The number of hydrogen-bond acceptors (Lipinski definition) is 4. The first-order valence-corrected chi connectivity index (χ1v) is 9.36. The molecule has 0 atom stereocenters. The first-order valence-electron chi connectivity index (χ1n) is 7.75. The van der Waals surface area contributed by atoms with Gasteiger partial charge in [0.05, 0.1) is 35.2 Å². The van der Waals surface area contributed by atoms with Crippen molar-refractivity contribution in [2.24, 2.45) is 0 Å². The zero-order chi connectivity index (χ0) is 16.9. The molecule has 2 aromatic rings. The molecule has 1 heterocycles. The number of carbonyl (C=O) groups is 1. The summed E-state index contributed by atoms with van der Waals surface area (Å²) in [5.41, 5.74) is 2.28. The quantitative estimate of drug-likeness (QED) is 0.829. The van der Waals surface area contributed by atoms with Gasteiger partial charge in [0.15, 0.2) is 0 Å². The maximum Gasteiger partial charge on any atom is 0.257 e. The Morgan fingerprint density at radius 2 is 1.96 bits per heavy atom. The van der Waals surface area contributed by atoms with Crippen LogP contribution in [0.25, 0.3) is 0 Å². The molecule has 2 aromatic carbocycles. The lowest BCUT2D eigenvalue weighted by Crippen LogP contribution is -2.36. The van der Waals surface area contributed by atoms with E-state index in [0.717, 1.165) is 29.4 Å². The van der Waals surface area contributed by atoms with E-state index < -0.39 is 0 Å². The molecule has 1 amide bonds. The SMILES string of the molecule is CSc1ccc(Cl)c(C(=O)Nc2ccccc2N2CCOCC2)c1. The summed E-state index contributed by atoms with van der Waals surface area (Å²) in [7, 11) is 0. The highest BCUT2D eigenvalue weighted by atomic mass is 35.5. The van der Waals surface area contributed by atoms with E-state index in [0.29, 0.717) is 23.8 Å². The average Bonchev–Trinajstić information content (AvgIpc) is 2.63. The third-order valence-corrected chi connectivity index (χ3v) is 4.98. The van der Waals surface area contributed by atoms with Gasteiger partial charge in [0, 0.05) is 18.0 Å². The molecule has 1 fully saturated rings. The minimum atomic E-state index is -0.198. The van der Waals surface area contributed by atoms with E-state index in [9.17, 15) is 4.79 Å². The number of rotatable bonds is 4. The van der Waals surface area contributed by atoms with Gasteiger partial charge >= 0.3 is 0 Å². The summed E-state index contributed by atoms with van der Waals surface area (Å²) in [4.78, 5) is 15.9. The van der Waals surface area contributed by atoms with Crippen molar-refractivity contribution in [2.45, 2.75) is 4.90 Å². The highest BCUT2D eigenvalue weighted by molar-refractivity contribution is 7.98. The number of nitrogens with zero attached hydrogens (tertiary/aromatic N) is 1. The van der Waals surface area contributed by atoms with Crippen LogP contribution in [0.5, 0.6) is 0 Å². The van der Waals surface area contributed by atoms with Gasteiger partial charge in [-0.2, -0.15) is 0 Å². The molecule has 126 valence electrons. The summed E-state index contributed by atoms with van der Waals surface area (Å²) in [5, 5.41) is 3.45. The van der Waals surface area contributed by atoms with E-state index in [4.69, 9.17) is 16.3 Å². The number of amides is 1. The fourth-order valence-electron chi connectivity index (χ4n) is 2.65. The molecule has 0 unspecified atom stereocenters. The smallest absolute Gasteiger partial charge is 0.257 e. The average molecular weight is 363 g/mol. The van der Waals surface area contributed by atoms with Gasteiger partial charge in [0.2, 0.25) is 0 Å². The molecule has 0 bridgehead atoms. The van der Waals surface area contributed by atoms with E-state index in [2.05, 4.69) is 10.2 Å². The highest BCUT2D eigenvalue weighted by Crippen LogP contribution is 2.28. The number of para-hydroxylation sites is 2. The first-order chi connectivity index (χ1) is 11.7. The second-order valence-corrected chi connectivity index (χ2v) is 6.70. The highest BCUT2D eigenvalue weighted by Gasteiger charge is 2.17. The molecular formula is C18H19ClN2O2S. The number of morpholine rings is 1. The number of anilines is 2. The minimum absolute atomic E-state index is 0.198. The van der Waals surface area contributed by atoms with Crippen molar-refractivity contribution < 1.29 is 9.53 Å². The zero-order valence-corrected chi connectivity index (χ0v) is 15.0. The van der Waals surface area contributed by atoms with Crippen LogP contribution in [0.1, 0.15) is 10.4 Å². The van der Waals surface area contributed by atoms with Gasteiger partial charge in [-0.3, -0.25) is 4.79 Å². The largest absolute Gasteiger partial charge is 0.378 e. The van der Waals surface area contributed by atoms with Crippen LogP contribution < -0.4 is 10.2 Å². The maximum absolute atomic E-state index is 12.7. The van der Waals surface area contributed by atoms with E-state index >= 15 is 0 Å². The molecular weight excluding hydrogens is 344 g/mol. The molecule has 0 aromatic heterocycles. The summed E-state index contributed by atoms with van der Waals surface area (Å²) in [6, 6.07) is 13.3. The standard InChI is InChI=1S/C18H19ClN2O2S/c1-24-13-6-7-15(19)14(12-13)18(22)20-16-4-2-3-5-17(16)21-8-10-23-11-9-21/h2-7,12H,8-11H2,1H3,(H,20,22). The third-order valence-electron chi connectivity index (χ3n) is 3.92. The number of carbonyl (C=O) groups excluding carboxylic acids is 1. The van der Waals surface area contributed by atoms with Crippen LogP contribution in [-0.2, 0) is 4.74 Å². The number of hydrogen-bond donors (Lipinski definition) is 1. The lowest BCUT2D eigenvalue weighted by atomic mass is 10.2. The Balaban J connectivity index is 1.84. The molecule has 0 spiro atoms. The van der Waals surface area contributed by atoms with Gasteiger partial charge in [-0.15, -0.1) is 11.8 Å². The van der Waals surface area contributed by atoms with Crippen LogP contribution >= 0.6 is 23.4 Å². The molecule has 1 saturated heterocycles. The molecule has 1 aliphatic rings. The fraction of sp³-hybridized carbons (Fsp3) is 0.278. The second kappa shape index (κ2) is 7.92. The molecule has 0 saturated carbocycles. The van der Waals surface area contributed by atoms with Crippen molar-refractivity contribution in [3.05, 3.63) is 53.1 Å². The lowest BCUT2D eigenvalue weighted by Gasteiger charge is -2.30. The number of nitrogens with one attached hydrogen (secondary N) is 1. The predicted octanol–water partition coefficient (Wildman–Crippen LogP) is 4.15. The van der Waals surface area contributed by atoms with E-state index in [-0.39, 0.29) is 5.91 Å². The van der Waals surface area contributed by atoms with Crippen molar-refractivity contribution in [1.82, 2.24) is 0 Å². The molecule has 6 heteroatoms. The Kier molecular flexibility index (Phi) is 5.66. The normalized spacial score (nSPS) is 14.5. The molecule has 4 nitrogen and oxygen atoms in total. The number of ether oxygens (including phenoxy) is 1. The van der Waals surface area contributed by atoms with Gasteiger partial charge in [-0.05, 0) is 36.6 Å². The minimum Gasteiger partial charge on any atom is -0.378 e. The summed E-state index contributed by atoms with van der Waals surface area (Å²) in [6.07, 6.45) is 1.97. The predicted molar refractivity (Wildman–Crippen MR) is 101 cm³/mol. The maximum atomic E-state index is 12.7. The number of halogens is 1. The summed E-state index contributed by atoms with van der Waals surface area (Å²) in [5.74, 6) is -0.198. The van der Waals surface area contributed by atoms with Crippen LogP contribution in [-0.4, -0.2) is 38.5 Å². The van der Waals surface area contributed by atoms with Crippen molar-refractivity contribution in [1.29, 1.82) is 0 Å². The summed E-state index contributed by atoms with van der Waals surface area (Å²) in [6.45, 7) is 3.03. The lowest BCUT2D eigenvalue weighted by molar-refractivity contribution is 0.102. The Labute approximate surface area is 151 Å². The monoisotopic (exact) mass is 362 g/mol. The van der Waals surface area contributed by atoms with Crippen molar-refractivity contribution >= 4 is 40.6 Å². The van der Waals surface area contributed by atoms with Gasteiger partial charge in [-0.25, -0.2) is 0 Å². The Hall–Kier alpha value is -1.69. The van der Waals surface area contributed by atoms with Gasteiger partial charge < -0.3 is 15.0 Å². The molecule has 3 rings (SSSR count). The number of benzene rings is 2. The fourth-order valence-corrected chi connectivity index (χ4v) is 3.30. The van der Waals surface area contributed by atoms with E-state index in [1.165, 1.54) is 0 Å². The summed E-state index contributed by atoms with van der Waals surface area (Å²) >= 11 is 7.79. The van der Waals surface area contributed by atoms with Crippen molar-refractivity contribution in [2.75, 3.05) is 42.8 Å². The summed E-state index contributed by atoms with van der Waals surface area (Å²) < 4.78 is 5.40. The van der Waals surface area contributed by atoms with E-state index in [1.807, 2.05) is 42.7 Å². The molecule has 1 aliphatic heterocycles. The Bertz CT molecular complexity index is 733. The van der Waals surface area contributed by atoms with Crippen LogP contribution in [0, 0.1) is 0 Å². The third kappa shape index (κ3) is 3.86. The van der Waals surface area contributed by atoms with Crippen LogP contribution in [0.4, 0.5) is 11.4 Å². The topological polar surface area (TPSA) is 41.6 Å². The number of thioether (sulfide) groups is 1. The van der Waals surface area contributed by atoms with Crippen LogP contribution in [0.15, 0.2) is 47.4 Å². The Morgan fingerprint density at radius 3 is 2.71 bits per heavy atom. The zero-order valence-electron chi connectivity index (χ0n) is 13.4. The molecule has 24 heavy (non-hydrogen) atoms. The van der Waals surface area contributed by atoms with Gasteiger partial charge in [-0.1, -0.05) is 23.7 Å². The van der Waals surface area contributed by atoms with Crippen LogP contribution in [0.2, 0.25) is 5.02 Å². The molecule has 0 aliphatic carbocycles. The van der Waals surface area contributed by atoms with Crippen molar-refractivity contribution in [3.63, 3.8) is 0 Å². The second-order valence-electron chi connectivity index (χ2n) is 5.42. The molecule has 0 radical (unpaired) electrons. The Morgan fingerprint density at radius 1 is 1.21 bits per heavy atom. The first kappa shape index (κ1) is 17.1. The van der Waals surface area contributed by atoms with Crippen LogP contribution in [0.3, 0.4) is 0 Å². The van der Waals surface area contributed by atoms with Gasteiger partial charge in [0.25, 0.3) is 5.91 Å².